The van der Waals surface area contributed by atoms with Gasteiger partial charge in [0, 0.05) is 16.3 Å². The molecule has 1 amide bonds. The van der Waals surface area contributed by atoms with E-state index in [4.69, 9.17) is 11.6 Å². The fourth-order valence-electron chi connectivity index (χ4n) is 3.57. The fraction of sp³-hybridized carbons (Fsp3) is 0.238. The largest absolute Gasteiger partial charge is 0.345 e. The van der Waals surface area contributed by atoms with Gasteiger partial charge in [0.15, 0.2) is 0 Å². The minimum Gasteiger partial charge on any atom is -0.345 e. The molecule has 4 rings (SSSR count). The van der Waals surface area contributed by atoms with Gasteiger partial charge >= 0.3 is 0 Å². The summed E-state index contributed by atoms with van der Waals surface area (Å²) in [5.74, 6) is -1.05. The number of nitrogens with zero attached hydrogens (tertiary/aromatic N) is 2. The van der Waals surface area contributed by atoms with Crippen molar-refractivity contribution < 1.29 is 9.18 Å². The van der Waals surface area contributed by atoms with E-state index in [9.17, 15) is 9.18 Å². The molecule has 0 unspecified atom stereocenters. The van der Waals surface area contributed by atoms with Crippen LogP contribution in [-0.2, 0) is 13.0 Å². The number of hydrogen-bond donors (Lipinski definition) is 1. The van der Waals surface area contributed by atoms with Gasteiger partial charge in [-0.1, -0.05) is 41.9 Å². The molecule has 1 aliphatic carbocycles. The minimum atomic E-state index is -0.615. The lowest BCUT2D eigenvalue weighted by Crippen LogP contribution is -2.31. The summed E-state index contributed by atoms with van der Waals surface area (Å²) in [6, 6.07) is 14.1. The number of aromatic nitrogens is 2. The fourth-order valence-corrected chi connectivity index (χ4v) is 3.73. The van der Waals surface area contributed by atoms with Crippen LogP contribution in [0.4, 0.5) is 4.39 Å². The molecule has 1 aromatic heterocycles. The third-order valence-electron chi connectivity index (χ3n) is 4.92. The Bertz CT molecular complexity index is 971. The van der Waals surface area contributed by atoms with E-state index in [1.54, 1.807) is 0 Å². The number of fused-ring (bicyclic) bond motifs is 1. The molecule has 0 aliphatic heterocycles. The van der Waals surface area contributed by atoms with Crippen molar-refractivity contribution in [1.29, 1.82) is 0 Å². The molecule has 3 aromatic rings. The van der Waals surface area contributed by atoms with Crippen molar-refractivity contribution in [3.05, 3.63) is 88.0 Å². The third-order valence-corrected chi connectivity index (χ3v) is 5.15. The number of nitrogens with one attached hydrogen (secondary N) is 1. The molecule has 4 nitrogen and oxygen atoms in total. The van der Waals surface area contributed by atoms with Crippen molar-refractivity contribution >= 4 is 17.5 Å². The Balaban J connectivity index is 1.54. The number of carbonyl (C=O) groups excluding carboxylic acids is 1. The van der Waals surface area contributed by atoms with E-state index in [2.05, 4.69) is 22.5 Å². The molecule has 0 fully saturated rings. The highest BCUT2D eigenvalue weighted by atomic mass is 35.5. The van der Waals surface area contributed by atoms with E-state index in [0.717, 1.165) is 36.6 Å². The lowest BCUT2D eigenvalue weighted by atomic mass is 9.92. The van der Waals surface area contributed by atoms with Crippen LogP contribution in [0, 0.1) is 5.82 Å². The van der Waals surface area contributed by atoms with Gasteiger partial charge in [-0.25, -0.2) is 4.39 Å². The number of carbonyl (C=O) groups is 1. The maximum atomic E-state index is 14.0. The van der Waals surface area contributed by atoms with Gasteiger partial charge in [-0.05, 0) is 43.0 Å². The molecular weight excluding hydrogens is 365 g/mol. The van der Waals surface area contributed by atoms with Gasteiger partial charge in [0.1, 0.15) is 5.82 Å². The molecule has 0 saturated heterocycles. The summed E-state index contributed by atoms with van der Waals surface area (Å²) in [5, 5.41) is 7.75. The molecule has 0 saturated carbocycles. The second kappa shape index (κ2) is 7.53. The third kappa shape index (κ3) is 3.74. The molecule has 0 spiro atoms. The number of rotatable bonds is 4. The predicted molar refractivity (Wildman–Crippen MR) is 102 cm³/mol. The van der Waals surface area contributed by atoms with Gasteiger partial charge in [0.25, 0.3) is 5.91 Å². The first-order chi connectivity index (χ1) is 13.1. The summed E-state index contributed by atoms with van der Waals surface area (Å²) in [7, 11) is 0. The van der Waals surface area contributed by atoms with Crippen molar-refractivity contribution in [2.75, 3.05) is 0 Å². The predicted octanol–water partition coefficient (Wildman–Crippen LogP) is 4.53. The van der Waals surface area contributed by atoms with E-state index >= 15 is 0 Å². The zero-order valence-electron chi connectivity index (χ0n) is 14.7. The summed E-state index contributed by atoms with van der Waals surface area (Å²) in [6.07, 6.45) is 4.50. The van der Waals surface area contributed by atoms with Crippen LogP contribution in [0.15, 0.2) is 54.7 Å². The van der Waals surface area contributed by atoms with Gasteiger partial charge in [0.05, 0.1) is 24.3 Å². The van der Waals surface area contributed by atoms with Crippen molar-refractivity contribution in [1.82, 2.24) is 15.1 Å². The molecule has 1 aliphatic rings. The number of amides is 1. The lowest BCUT2D eigenvalue weighted by molar-refractivity contribution is 0.0928. The van der Waals surface area contributed by atoms with Crippen LogP contribution in [0.25, 0.3) is 0 Å². The lowest BCUT2D eigenvalue weighted by Gasteiger charge is -2.24. The molecule has 2 aromatic carbocycles. The zero-order valence-corrected chi connectivity index (χ0v) is 15.4. The first kappa shape index (κ1) is 17.7. The van der Waals surface area contributed by atoms with Crippen LogP contribution < -0.4 is 5.32 Å². The minimum absolute atomic E-state index is 0.00296. The van der Waals surface area contributed by atoms with Crippen molar-refractivity contribution in [2.45, 2.75) is 31.8 Å². The molecule has 27 heavy (non-hydrogen) atoms. The smallest absolute Gasteiger partial charge is 0.254 e. The second-order valence-electron chi connectivity index (χ2n) is 6.73. The molecule has 1 atom stereocenters. The molecule has 1 heterocycles. The van der Waals surface area contributed by atoms with Gasteiger partial charge < -0.3 is 5.32 Å². The average molecular weight is 384 g/mol. The first-order valence-corrected chi connectivity index (χ1v) is 9.34. The average Bonchev–Trinajstić information content (AvgIpc) is 3.06. The Labute approximate surface area is 162 Å². The number of halogens is 2. The van der Waals surface area contributed by atoms with E-state index in [1.807, 2.05) is 29.1 Å². The summed E-state index contributed by atoms with van der Waals surface area (Å²) in [5.41, 5.74) is 3.33. The standard InChI is InChI=1S/C21H19ClFN3O/c22-15-9-10-16(18(23)11-15)21(27)25-19-7-4-8-20-17(19)12-24-26(20)13-14-5-2-1-3-6-14/h1-3,5-6,9-12,19H,4,7-8,13H2,(H,25,27)/t19-/m1/s1. The Morgan fingerprint density at radius 1 is 1.26 bits per heavy atom. The summed E-state index contributed by atoms with van der Waals surface area (Å²) < 4.78 is 16.0. The van der Waals surface area contributed by atoms with Crippen molar-refractivity contribution in [2.24, 2.45) is 0 Å². The summed E-state index contributed by atoms with van der Waals surface area (Å²) >= 11 is 5.77. The second-order valence-corrected chi connectivity index (χ2v) is 7.17. The molecular formula is C21H19ClFN3O. The van der Waals surface area contributed by atoms with E-state index in [0.29, 0.717) is 6.54 Å². The van der Waals surface area contributed by atoms with E-state index in [-0.39, 0.29) is 16.6 Å². The highest BCUT2D eigenvalue weighted by molar-refractivity contribution is 6.30. The van der Waals surface area contributed by atoms with Gasteiger partial charge in [-0.15, -0.1) is 0 Å². The zero-order chi connectivity index (χ0) is 18.8. The Morgan fingerprint density at radius 2 is 2.07 bits per heavy atom. The Hall–Kier alpha value is -2.66. The maximum Gasteiger partial charge on any atom is 0.254 e. The molecule has 138 valence electrons. The van der Waals surface area contributed by atoms with Crippen LogP contribution in [-0.4, -0.2) is 15.7 Å². The first-order valence-electron chi connectivity index (χ1n) is 8.96. The Morgan fingerprint density at radius 3 is 2.85 bits per heavy atom. The summed E-state index contributed by atoms with van der Waals surface area (Å²) in [4.78, 5) is 12.5. The van der Waals surface area contributed by atoms with Crippen molar-refractivity contribution in [3.8, 4) is 0 Å². The van der Waals surface area contributed by atoms with Crippen LogP contribution >= 0.6 is 11.6 Å². The van der Waals surface area contributed by atoms with Gasteiger partial charge in [0.2, 0.25) is 0 Å². The van der Waals surface area contributed by atoms with E-state index in [1.165, 1.54) is 17.7 Å². The van der Waals surface area contributed by atoms with Crippen LogP contribution in [0.2, 0.25) is 5.02 Å². The van der Waals surface area contributed by atoms with Crippen LogP contribution in [0.1, 0.15) is 46.1 Å². The van der Waals surface area contributed by atoms with Gasteiger partial charge in [-0.2, -0.15) is 5.10 Å². The topological polar surface area (TPSA) is 46.9 Å². The highest BCUT2D eigenvalue weighted by Crippen LogP contribution is 2.30. The van der Waals surface area contributed by atoms with Crippen LogP contribution in [0.5, 0.6) is 0 Å². The molecule has 1 N–H and O–H groups in total. The van der Waals surface area contributed by atoms with E-state index < -0.39 is 11.7 Å². The quantitative estimate of drug-likeness (QED) is 0.719. The number of benzene rings is 2. The molecule has 6 heteroatoms. The normalized spacial score (nSPS) is 16.0. The van der Waals surface area contributed by atoms with Crippen LogP contribution in [0.3, 0.4) is 0 Å². The SMILES string of the molecule is O=C(N[C@@H]1CCCc2c1cnn2Cc1ccccc1)c1ccc(Cl)cc1F. The molecule has 0 radical (unpaired) electrons. The highest BCUT2D eigenvalue weighted by Gasteiger charge is 2.26. The Kier molecular flexibility index (Phi) is 4.94. The maximum absolute atomic E-state index is 14.0. The summed E-state index contributed by atoms with van der Waals surface area (Å²) in [6.45, 7) is 0.697. The monoisotopic (exact) mass is 383 g/mol. The molecule has 0 bridgehead atoms. The number of hydrogen-bond acceptors (Lipinski definition) is 2. The van der Waals surface area contributed by atoms with Crippen molar-refractivity contribution in [3.63, 3.8) is 0 Å². The van der Waals surface area contributed by atoms with Gasteiger partial charge in [-0.3, -0.25) is 9.48 Å².